The molecule has 1 aromatic rings. The number of aryl methyl sites for hydroxylation is 2. The lowest BCUT2D eigenvalue weighted by Crippen LogP contribution is -2.47. The Bertz CT molecular complexity index is 451. The number of hydrogen-bond acceptors (Lipinski definition) is 3. The fourth-order valence-electron chi connectivity index (χ4n) is 2.56. The molecule has 0 aromatic heterocycles. The van der Waals surface area contributed by atoms with Crippen LogP contribution in [0.1, 0.15) is 16.7 Å². The number of aliphatic carboxylic acids is 1. The Hall–Kier alpha value is -1.39. The van der Waals surface area contributed by atoms with E-state index in [0.717, 1.165) is 32.7 Å². The third-order valence-electron chi connectivity index (χ3n) is 3.72. The predicted molar refractivity (Wildman–Crippen MR) is 75.3 cm³/mol. The van der Waals surface area contributed by atoms with Crippen LogP contribution in [0.4, 0.5) is 0 Å². The van der Waals surface area contributed by atoms with Gasteiger partial charge in [0.1, 0.15) is 0 Å². The molecule has 1 aliphatic heterocycles. The van der Waals surface area contributed by atoms with Crippen molar-refractivity contribution in [3.8, 4) is 0 Å². The number of piperazine rings is 1. The summed E-state index contributed by atoms with van der Waals surface area (Å²) in [6.45, 7) is 8.98. The molecular weight excluding hydrogens is 240 g/mol. The molecule has 0 atom stereocenters. The summed E-state index contributed by atoms with van der Waals surface area (Å²) in [5.74, 6) is -0.733. The summed E-state index contributed by atoms with van der Waals surface area (Å²) in [6.07, 6.45) is 0. The van der Waals surface area contributed by atoms with Crippen molar-refractivity contribution in [2.75, 3.05) is 32.7 Å². The monoisotopic (exact) mass is 262 g/mol. The molecule has 1 fully saturated rings. The third kappa shape index (κ3) is 4.04. The molecule has 0 radical (unpaired) electrons. The number of rotatable bonds is 4. The molecule has 2 rings (SSSR count). The van der Waals surface area contributed by atoms with Gasteiger partial charge in [-0.15, -0.1) is 0 Å². The Morgan fingerprint density at radius 3 is 2.37 bits per heavy atom. The minimum Gasteiger partial charge on any atom is -0.480 e. The first-order valence-corrected chi connectivity index (χ1v) is 6.77. The second kappa shape index (κ2) is 6.17. The Morgan fingerprint density at radius 2 is 1.79 bits per heavy atom. The summed E-state index contributed by atoms with van der Waals surface area (Å²) in [5.41, 5.74) is 4.01. The average molecular weight is 262 g/mol. The van der Waals surface area contributed by atoms with Crippen LogP contribution < -0.4 is 0 Å². The van der Waals surface area contributed by atoms with Gasteiger partial charge in [-0.3, -0.25) is 14.6 Å². The smallest absolute Gasteiger partial charge is 0.317 e. The topological polar surface area (TPSA) is 43.8 Å². The Morgan fingerprint density at radius 1 is 1.16 bits per heavy atom. The maximum atomic E-state index is 10.7. The molecule has 104 valence electrons. The van der Waals surface area contributed by atoms with E-state index in [0.29, 0.717) is 0 Å². The van der Waals surface area contributed by atoms with Crippen molar-refractivity contribution < 1.29 is 9.90 Å². The number of carbonyl (C=O) groups is 1. The molecule has 0 unspecified atom stereocenters. The first kappa shape index (κ1) is 14.0. The summed E-state index contributed by atoms with van der Waals surface area (Å²) in [4.78, 5) is 15.1. The molecule has 1 aliphatic rings. The van der Waals surface area contributed by atoms with Crippen LogP contribution in [0.2, 0.25) is 0 Å². The largest absolute Gasteiger partial charge is 0.480 e. The highest BCUT2D eigenvalue weighted by Crippen LogP contribution is 2.14. The van der Waals surface area contributed by atoms with Gasteiger partial charge in [0, 0.05) is 32.7 Å². The average Bonchev–Trinajstić information content (AvgIpc) is 2.34. The van der Waals surface area contributed by atoms with Crippen molar-refractivity contribution >= 4 is 5.97 Å². The highest BCUT2D eigenvalue weighted by molar-refractivity contribution is 5.69. The fraction of sp³-hybridized carbons (Fsp3) is 0.533. The summed E-state index contributed by atoms with van der Waals surface area (Å²) in [6, 6.07) is 6.58. The number of carboxylic acids is 1. The van der Waals surface area contributed by atoms with E-state index in [4.69, 9.17) is 5.11 Å². The Balaban J connectivity index is 1.87. The second-order valence-corrected chi connectivity index (χ2v) is 5.38. The first-order valence-electron chi connectivity index (χ1n) is 6.77. The van der Waals surface area contributed by atoms with Crippen molar-refractivity contribution in [1.82, 2.24) is 9.80 Å². The van der Waals surface area contributed by atoms with E-state index < -0.39 is 5.97 Å². The maximum Gasteiger partial charge on any atom is 0.317 e. The number of carboxylic acid groups (broad SMARTS) is 1. The van der Waals surface area contributed by atoms with Crippen LogP contribution in [0.5, 0.6) is 0 Å². The van der Waals surface area contributed by atoms with Crippen molar-refractivity contribution in [2.24, 2.45) is 0 Å². The Kier molecular flexibility index (Phi) is 4.56. The number of nitrogens with zero attached hydrogens (tertiary/aromatic N) is 2. The van der Waals surface area contributed by atoms with Crippen LogP contribution in [0, 0.1) is 13.8 Å². The van der Waals surface area contributed by atoms with E-state index in [1.807, 2.05) is 4.90 Å². The zero-order chi connectivity index (χ0) is 13.8. The van der Waals surface area contributed by atoms with E-state index in [2.05, 4.69) is 36.9 Å². The van der Waals surface area contributed by atoms with Crippen LogP contribution >= 0.6 is 0 Å². The molecular formula is C15H22N2O2. The molecule has 1 N–H and O–H groups in total. The van der Waals surface area contributed by atoms with Crippen molar-refractivity contribution in [3.05, 3.63) is 34.9 Å². The third-order valence-corrected chi connectivity index (χ3v) is 3.72. The van der Waals surface area contributed by atoms with Crippen molar-refractivity contribution in [1.29, 1.82) is 0 Å². The van der Waals surface area contributed by atoms with Gasteiger partial charge in [0.25, 0.3) is 0 Å². The molecule has 0 amide bonds. The van der Waals surface area contributed by atoms with Gasteiger partial charge in [0.2, 0.25) is 0 Å². The van der Waals surface area contributed by atoms with E-state index in [1.54, 1.807) is 0 Å². The molecule has 4 nitrogen and oxygen atoms in total. The fourth-order valence-corrected chi connectivity index (χ4v) is 2.56. The minimum absolute atomic E-state index is 0.164. The van der Waals surface area contributed by atoms with Crippen LogP contribution in [-0.2, 0) is 11.3 Å². The number of hydrogen-bond donors (Lipinski definition) is 1. The zero-order valence-electron chi connectivity index (χ0n) is 11.7. The lowest BCUT2D eigenvalue weighted by Gasteiger charge is -2.34. The maximum absolute atomic E-state index is 10.7. The molecule has 0 spiro atoms. The lowest BCUT2D eigenvalue weighted by atomic mass is 10.1. The molecule has 0 saturated carbocycles. The normalized spacial score (nSPS) is 17.6. The van der Waals surface area contributed by atoms with Crippen molar-refractivity contribution in [2.45, 2.75) is 20.4 Å². The SMILES string of the molecule is Cc1ccc(CN2CCN(CC(=O)O)CC2)c(C)c1. The van der Waals surface area contributed by atoms with E-state index in [9.17, 15) is 4.79 Å². The second-order valence-electron chi connectivity index (χ2n) is 5.38. The standard InChI is InChI=1S/C15H22N2O2/c1-12-3-4-14(13(2)9-12)10-16-5-7-17(8-6-16)11-15(18)19/h3-4,9H,5-8,10-11H2,1-2H3,(H,18,19). The van der Waals surface area contributed by atoms with Gasteiger partial charge in [-0.25, -0.2) is 0 Å². The first-order chi connectivity index (χ1) is 9.04. The van der Waals surface area contributed by atoms with Gasteiger partial charge < -0.3 is 5.11 Å². The molecule has 0 aliphatic carbocycles. The van der Waals surface area contributed by atoms with Gasteiger partial charge in [0.15, 0.2) is 0 Å². The molecule has 4 heteroatoms. The molecule has 19 heavy (non-hydrogen) atoms. The molecule has 1 heterocycles. The minimum atomic E-state index is -0.733. The summed E-state index contributed by atoms with van der Waals surface area (Å²) < 4.78 is 0. The van der Waals surface area contributed by atoms with Gasteiger partial charge in [-0.2, -0.15) is 0 Å². The summed E-state index contributed by atoms with van der Waals surface area (Å²) >= 11 is 0. The molecule has 1 aromatic carbocycles. The highest BCUT2D eigenvalue weighted by atomic mass is 16.4. The van der Waals surface area contributed by atoms with Crippen LogP contribution in [0.25, 0.3) is 0 Å². The summed E-state index contributed by atoms with van der Waals surface area (Å²) in [7, 11) is 0. The van der Waals surface area contributed by atoms with Gasteiger partial charge >= 0.3 is 5.97 Å². The van der Waals surface area contributed by atoms with Crippen LogP contribution in [0.15, 0.2) is 18.2 Å². The Labute approximate surface area is 114 Å². The van der Waals surface area contributed by atoms with E-state index >= 15 is 0 Å². The van der Waals surface area contributed by atoms with E-state index in [1.165, 1.54) is 16.7 Å². The highest BCUT2D eigenvalue weighted by Gasteiger charge is 2.18. The molecule has 0 bridgehead atoms. The van der Waals surface area contributed by atoms with E-state index in [-0.39, 0.29) is 6.54 Å². The number of benzene rings is 1. The van der Waals surface area contributed by atoms with Crippen molar-refractivity contribution in [3.63, 3.8) is 0 Å². The van der Waals surface area contributed by atoms with Crippen LogP contribution in [0.3, 0.4) is 0 Å². The summed E-state index contributed by atoms with van der Waals surface area (Å²) in [5, 5.41) is 8.77. The van der Waals surface area contributed by atoms with Gasteiger partial charge in [-0.1, -0.05) is 23.8 Å². The predicted octanol–water partition coefficient (Wildman–Crippen LogP) is 1.51. The zero-order valence-corrected chi connectivity index (χ0v) is 11.7. The van der Waals surface area contributed by atoms with Crippen LogP contribution in [-0.4, -0.2) is 53.6 Å². The van der Waals surface area contributed by atoms with Gasteiger partial charge in [0.05, 0.1) is 6.54 Å². The van der Waals surface area contributed by atoms with Gasteiger partial charge in [-0.05, 0) is 25.0 Å². The lowest BCUT2D eigenvalue weighted by molar-refractivity contribution is -0.138. The molecule has 1 saturated heterocycles. The quantitative estimate of drug-likeness (QED) is 0.893.